The van der Waals surface area contributed by atoms with Gasteiger partial charge in [-0.15, -0.1) is 0 Å². The summed E-state index contributed by atoms with van der Waals surface area (Å²) in [5, 5.41) is 17.2. The lowest BCUT2D eigenvalue weighted by molar-refractivity contribution is 0.132. The molecule has 4 N–H and O–H groups in total. The van der Waals surface area contributed by atoms with Gasteiger partial charge in [0.05, 0.1) is 23.0 Å². The summed E-state index contributed by atoms with van der Waals surface area (Å²) in [6, 6.07) is 0. The Balaban J connectivity index is 3.05. The van der Waals surface area contributed by atoms with Crippen molar-refractivity contribution in [3.63, 3.8) is 0 Å². The van der Waals surface area contributed by atoms with Crippen LogP contribution < -0.4 is 11.1 Å². The Bertz CT molecular complexity index is 368. The lowest BCUT2D eigenvalue weighted by Crippen LogP contribution is -2.42. The van der Waals surface area contributed by atoms with Gasteiger partial charge in [0.2, 0.25) is 0 Å². The number of aliphatic hydroxyl groups excluding tert-OH is 1. The van der Waals surface area contributed by atoms with Gasteiger partial charge in [0.25, 0.3) is 0 Å². The standard InChI is InChI=1S/C11H22N4O/c1-6-15-10(9(12)7(2)14-15)13-11(4,5)8(3)16/h8,13,16H,6,12H2,1-5H3. The molecule has 0 fully saturated rings. The maximum atomic E-state index is 9.67. The minimum Gasteiger partial charge on any atom is -0.394 e. The Morgan fingerprint density at radius 3 is 2.56 bits per heavy atom. The van der Waals surface area contributed by atoms with E-state index in [1.54, 1.807) is 6.92 Å². The Kier molecular flexibility index (Phi) is 3.48. The first-order chi connectivity index (χ1) is 7.29. The number of rotatable bonds is 4. The van der Waals surface area contributed by atoms with Crippen molar-refractivity contribution in [2.45, 2.75) is 52.8 Å². The van der Waals surface area contributed by atoms with Crippen LogP contribution in [0.2, 0.25) is 0 Å². The van der Waals surface area contributed by atoms with Gasteiger partial charge < -0.3 is 16.2 Å². The minimum absolute atomic E-state index is 0.437. The van der Waals surface area contributed by atoms with E-state index < -0.39 is 11.6 Å². The highest BCUT2D eigenvalue weighted by Gasteiger charge is 2.26. The molecule has 5 nitrogen and oxygen atoms in total. The van der Waals surface area contributed by atoms with Crippen molar-refractivity contribution in [1.82, 2.24) is 9.78 Å². The maximum Gasteiger partial charge on any atom is 0.148 e. The number of hydrogen-bond acceptors (Lipinski definition) is 4. The van der Waals surface area contributed by atoms with Crippen LogP contribution in [-0.4, -0.2) is 26.5 Å². The van der Waals surface area contributed by atoms with Crippen LogP contribution in [0.3, 0.4) is 0 Å². The van der Waals surface area contributed by atoms with Crippen molar-refractivity contribution in [2.75, 3.05) is 11.1 Å². The van der Waals surface area contributed by atoms with Gasteiger partial charge in [0.15, 0.2) is 0 Å². The fourth-order valence-electron chi connectivity index (χ4n) is 1.37. The highest BCUT2D eigenvalue weighted by atomic mass is 16.3. The first-order valence-corrected chi connectivity index (χ1v) is 5.58. The molecule has 1 aromatic rings. The average Bonchev–Trinajstić information content (AvgIpc) is 2.45. The Morgan fingerprint density at radius 2 is 2.12 bits per heavy atom. The quantitative estimate of drug-likeness (QED) is 0.724. The molecule has 1 atom stereocenters. The van der Waals surface area contributed by atoms with Crippen LogP contribution in [-0.2, 0) is 6.54 Å². The summed E-state index contributed by atoms with van der Waals surface area (Å²) in [6.07, 6.45) is -0.479. The first kappa shape index (κ1) is 12.8. The van der Waals surface area contributed by atoms with Crippen molar-refractivity contribution >= 4 is 11.5 Å². The topological polar surface area (TPSA) is 76.1 Å². The number of aliphatic hydroxyl groups is 1. The number of anilines is 2. The largest absolute Gasteiger partial charge is 0.394 e. The minimum atomic E-state index is -0.479. The summed E-state index contributed by atoms with van der Waals surface area (Å²) in [7, 11) is 0. The summed E-state index contributed by atoms with van der Waals surface area (Å²) in [6.45, 7) is 10.2. The van der Waals surface area contributed by atoms with Gasteiger partial charge in [-0.05, 0) is 34.6 Å². The van der Waals surface area contributed by atoms with E-state index in [0.29, 0.717) is 5.69 Å². The van der Waals surface area contributed by atoms with Gasteiger partial charge in [-0.25, -0.2) is 4.68 Å². The molecule has 0 aliphatic heterocycles. The van der Waals surface area contributed by atoms with Gasteiger partial charge in [-0.3, -0.25) is 0 Å². The molecule has 0 aliphatic carbocycles. The fourth-order valence-corrected chi connectivity index (χ4v) is 1.37. The van der Waals surface area contributed by atoms with Crippen LogP contribution in [0.15, 0.2) is 0 Å². The van der Waals surface area contributed by atoms with E-state index >= 15 is 0 Å². The zero-order valence-electron chi connectivity index (χ0n) is 10.7. The monoisotopic (exact) mass is 226 g/mol. The summed E-state index contributed by atoms with van der Waals surface area (Å²) in [4.78, 5) is 0. The van der Waals surface area contributed by atoms with Gasteiger partial charge in [0, 0.05) is 6.54 Å². The number of aryl methyl sites for hydroxylation is 2. The van der Waals surface area contributed by atoms with Crippen LogP contribution in [0.1, 0.15) is 33.4 Å². The zero-order chi connectivity index (χ0) is 12.5. The summed E-state index contributed by atoms with van der Waals surface area (Å²) < 4.78 is 1.81. The normalized spacial score (nSPS) is 13.9. The summed E-state index contributed by atoms with van der Waals surface area (Å²) >= 11 is 0. The molecule has 0 spiro atoms. The van der Waals surface area contributed by atoms with Crippen LogP contribution in [0.25, 0.3) is 0 Å². The lowest BCUT2D eigenvalue weighted by atomic mass is 9.99. The highest BCUT2D eigenvalue weighted by molar-refractivity contribution is 5.65. The van der Waals surface area contributed by atoms with Crippen molar-refractivity contribution < 1.29 is 5.11 Å². The molecule has 0 aliphatic rings. The predicted octanol–water partition coefficient (Wildman–Crippen LogP) is 1.36. The molecular formula is C11H22N4O. The molecule has 0 radical (unpaired) electrons. The van der Waals surface area contributed by atoms with E-state index in [1.807, 2.05) is 32.4 Å². The number of hydrogen-bond donors (Lipinski definition) is 3. The van der Waals surface area contributed by atoms with E-state index in [1.165, 1.54) is 0 Å². The number of nitrogens with two attached hydrogens (primary N) is 1. The van der Waals surface area contributed by atoms with Crippen molar-refractivity contribution in [3.05, 3.63) is 5.69 Å². The maximum absolute atomic E-state index is 9.67. The molecule has 0 amide bonds. The first-order valence-electron chi connectivity index (χ1n) is 5.58. The Morgan fingerprint density at radius 1 is 1.56 bits per heavy atom. The molecule has 92 valence electrons. The molecular weight excluding hydrogens is 204 g/mol. The molecule has 16 heavy (non-hydrogen) atoms. The molecule has 0 saturated heterocycles. The molecule has 1 rings (SSSR count). The Hall–Kier alpha value is -1.23. The van der Waals surface area contributed by atoms with Crippen LogP contribution in [0.5, 0.6) is 0 Å². The second-order valence-electron chi connectivity index (χ2n) is 4.69. The van der Waals surface area contributed by atoms with E-state index in [0.717, 1.165) is 18.1 Å². The van der Waals surface area contributed by atoms with Crippen LogP contribution in [0, 0.1) is 6.92 Å². The summed E-state index contributed by atoms with van der Waals surface area (Å²) in [5.74, 6) is 0.783. The lowest BCUT2D eigenvalue weighted by Gasteiger charge is -2.30. The van der Waals surface area contributed by atoms with E-state index in [9.17, 15) is 5.11 Å². The van der Waals surface area contributed by atoms with Gasteiger partial charge in [0.1, 0.15) is 5.82 Å². The van der Waals surface area contributed by atoms with Gasteiger partial charge >= 0.3 is 0 Å². The third-order valence-electron chi connectivity index (χ3n) is 2.96. The molecule has 5 heteroatoms. The molecule has 0 saturated carbocycles. The zero-order valence-corrected chi connectivity index (χ0v) is 10.7. The second-order valence-corrected chi connectivity index (χ2v) is 4.69. The molecule has 1 heterocycles. The van der Waals surface area contributed by atoms with E-state index in [4.69, 9.17) is 5.73 Å². The smallest absolute Gasteiger partial charge is 0.148 e. The van der Waals surface area contributed by atoms with Crippen molar-refractivity contribution in [2.24, 2.45) is 0 Å². The Labute approximate surface area is 96.6 Å². The number of nitrogens with zero attached hydrogens (tertiary/aromatic N) is 2. The van der Waals surface area contributed by atoms with Gasteiger partial charge in [-0.1, -0.05) is 0 Å². The fraction of sp³-hybridized carbons (Fsp3) is 0.727. The average molecular weight is 226 g/mol. The molecule has 0 bridgehead atoms. The molecule has 1 aromatic heterocycles. The number of nitrogens with one attached hydrogen (secondary N) is 1. The second kappa shape index (κ2) is 4.33. The highest BCUT2D eigenvalue weighted by Crippen LogP contribution is 2.26. The van der Waals surface area contributed by atoms with E-state index in [2.05, 4.69) is 10.4 Å². The van der Waals surface area contributed by atoms with Crippen LogP contribution in [0.4, 0.5) is 11.5 Å². The predicted molar refractivity (Wildman–Crippen MR) is 66.4 cm³/mol. The number of aromatic nitrogens is 2. The molecule has 1 unspecified atom stereocenters. The number of nitrogen functional groups attached to an aromatic ring is 1. The summed E-state index contributed by atoms with van der Waals surface area (Å²) in [5.41, 5.74) is 6.98. The van der Waals surface area contributed by atoms with Crippen molar-refractivity contribution in [3.8, 4) is 0 Å². The van der Waals surface area contributed by atoms with Crippen molar-refractivity contribution in [1.29, 1.82) is 0 Å². The third kappa shape index (κ3) is 2.29. The molecule has 0 aromatic carbocycles. The van der Waals surface area contributed by atoms with Gasteiger partial charge in [-0.2, -0.15) is 5.10 Å². The third-order valence-corrected chi connectivity index (χ3v) is 2.96. The van der Waals surface area contributed by atoms with E-state index in [-0.39, 0.29) is 0 Å². The SMILES string of the molecule is CCn1nc(C)c(N)c1NC(C)(C)C(C)O. The van der Waals surface area contributed by atoms with Crippen LogP contribution >= 0.6 is 0 Å².